The molecule has 1 unspecified atom stereocenters. The van der Waals surface area contributed by atoms with E-state index in [1.165, 1.54) is 16.7 Å². The summed E-state index contributed by atoms with van der Waals surface area (Å²) >= 11 is 0. The smallest absolute Gasteiger partial charge is 0.170 e. The molecule has 0 N–H and O–H groups in total. The summed E-state index contributed by atoms with van der Waals surface area (Å²) in [4.78, 5) is 12.9. The summed E-state index contributed by atoms with van der Waals surface area (Å²) in [6, 6.07) is 14.1. The summed E-state index contributed by atoms with van der Waals surface area (Å²) in [6.45, 7) is 6.28. The third kappa shape index (κ3) is 2.44. The summed E-state index contributed by atoms with van der Waals surface area (Å²) in [5.74, 6) is 0.175. The van der Waals surface area contributed by atoms with E-state index in [-0.39, 0.29) is 11.7 Å². The molecule has 0 aromatic heterocycles. The fourth-order valence-electron chi connectivity index (χ4n) is 3.28. The highest BCUT2D eigenvalue weighted by molar-refractivity contribution is 6.10. The number of hydrogen-bond donors (Lipinski definition) is 0. The molecule has 1 nitrogen and oxygen atoms in total. The van der Waals surface area contributed by atoms with Crippen LogP contribution in [0.25, 0.3) is 10.8 Å². The number of ketones is 1. The maximum absolute atomic E-state index is 12.9. The molecule has 2 aromatic rings. The van der Waals surface area contributed by atoms with Crippen molar-refractivity contribution in [1.29, 1.82) is 0 Å². The van der Waals surface area contributed by atoms with Crippen molar-refractivity contribution < 1.29 is 4.79 Å². The van der Waals surface area contributed by atoms with Crippen molar-refractivity contribution in [3.63, 3.8) is 0 Å². The molecule has 0 aliphatic heterocycles. The standard InChI is InChI=1S/C20H20O/c1-13-11-14(2)19(12-13)15(3)20(21)18-10-6-8-16-7-4-5-9-17(16)18/h4-11,15H,12H2,1-3H3. The zero-order chi connectivity index (χ0) is 15.0. The largest absolute Gasteiger partial charge is 0.293 e. The number of benzene rings is 2. The Bertz CT molecular complexity index is 772. The second kappa shape index (κ2) is 5.33. The third-order valence-corrected chi connectivity index (χ3v) is 4.41. The molecule has 1 heteroatoms. The Balaban J connectivity index is 2.00. The monoisotopic (exact) mass is 276 g/mol. The van der Waals surface area contributed by atoms with Crippen molar-refractivity contribution in [3.05, 3.63) is 70.8 Å². The Morgan fingerprint density at radius 2 is 1.76 bits per heavy atom. The summed E-state index contributed by atoms with van der Waals surface area (Å²) in [5, 5.41) is 2.18. The lowest BCUT2D eigenvalue weighted by molar-refractivity contribution is 0.0948. The van der Waals surface area contributed by atoms with E-state index in [1.807, 2.05) is 37.3 Å². The third-order valence-electron chi connectivity index (χ3n) is 4.41. The van der Waals surface area contributed by atoms with E-state index in [1.54, 1.807) is 0 Å². The Morgan fingerprint density at radius 1 is 1.05 bits per heavy atom. The summed E-state index contributed by atoms with van der Waals surface area (Å²) in [5.41, 5.74) is 4.71. The van der Waals surface area contributed by atoms with E-state index in [2.05, 4.69) is 32.1 Å². The molecule has 0 fully saturated rings. The van der Waals surface area contributed by atoms with Gasteiger partial charge in [-0.2, -0.15) is 0 Å². The van der Waals surface area contributed by atoms with E-state index in [9.17, 15) is 4.79 Å². The minimum absolute atomic E-state index is 0.0514. The Kier molecular flexibility index (Phi) is 3.50. The lowest BCUT2D eigenvalue weighted by Gasteiger charge is -2.15. The van der Waals surface area contributed by atoms with Crippen molar-refractivity contribution in [2.75, 3.05) is 0 Å². The summed E-state index contributed by atoms with van der Waals surface area (Å²) < 4.78 is 0. The first-order chi connectivity index (χ1) is 10.1. The van der Waals surface area contributed by atoms with Gasteiger partial charge in [-0.25, -0.2) is 0 Å². The summed E-state index contributed by atoms with van der Waals surface area (Å²) in [7, 11) is 0. The quantitative estimate of drug-likeness (QED) is 0.693. The number of hydrogen-bond acceptors (Lipinski definition) is 1. The van der Waals surface area contributed by atoms with Gasteiger partial charge in [-0.3, -0.25) is 4.79 Å². The molecule has 1 atom stereocenters. The highest BCUT2D eigenvalue weighted by Crippen LogP contribution is 2.33. The van der Waals surface area contributed by atoms with Gasteiger partial charge >= 0.3 is 0 Å². The molecule has 106 valence electrons. The van der Waals surface area contributed by atoms with Gasteiger partial charge in [-0.05, 0) is 31.0 Å². The fourth-order valence-corrected chi connectivity index (χ4v) is 3.28. The van der Waals surface area contributed by atoms with Crippen LogP contribution in [-0.4, -0.2) is 5.78 Å². The Hall–Kier alpha value is -2.15. The predicted molar refractivity (Wildman–Crippen MR) is 88.5 cm³/mol. The van der Waals surface area contributed by atoms with Crippen LogP contribution in [0.15, 0.2) is 65.3 Å². The van der Waals surface area contributed by atoms with Crippen LogP contribution >= 0.6 is 0 Å². The van der Waals surface area contributed by atoms with Crippen LogP contribution in [0.1, 0.15) is 37.6 Å². The van der Waals surface area contributed by atoms with Gasteiger partial charge < -0.3 is 0 Å². The average Bonchev–Trinajstić information content (AvgIpc) is 2.84. The van der Waals surface area contributed by atoms with Crippen LogP contribution in [0.4, 0.5) is 0 Å². The van der Waals surface area contributed by atoms with Gasteiger partial charge in [-0.15, -0.1) is 0 Å². The number of allylic oxidation sites excluding steroid dienone is 4. The number of rotatable bonds is 3. The van der Waals surface area contributed by atoms with Crippen molar-refractivity contribution in [3.8, 4) is 0 Å². The molecule has 0 heterocycles. The van der Waals surface area contributed by atoms with Crippen LogP contribution in [0, 0.1) is 5.92 Å². The molecular formula is C20H20O. The fraction of sp³-hybridized carbons (Fsp3) is 0.250. The van der Waals surface area contributed by atoms with Gasteiger partial charge in [0.05, 0.1) is 0 Å². The first-order valence-electron chi connectivity index (χ1n) is 7.46. The van der Waals surface area contributed by atoms with Crippen molar-refractivity contribution in [2.45, 2.75) is 27.2 Å². The second-order valence-corrected chi connectivity index (χ2v) is 5.99. The van der Waals surface area contributed by atoms with Gasteiger partial charge in [-0.1, -0.05) is 72.2 Å². The molecular weight excluding hydrogens is 256 g/mol. The van der Waals surface area contributed by atoms with Crippen LogP contribution in [0.5, 0.6) is 0 Å². The van der Waals surface area contributed by atoms with Gasteiger partial charge in [0.25, 0.3) is 0 Å². The minimum Gasteiger partial charge on any atom is -0.293 e. The van der Waals surface area contributed by atoms with Crippen molar-refractivity contribution in [1.82, 2.24) is 0 Å². The molecule has 21 heavy (non-hydrogen) atoms. The van der Waals surface area contributed by atoms with E-state index < -0.39 is 0 Å². The lowest BCUT2D eigenvalue weighted by Crippen LogP contribution is -2.14. The Labute approximate surface area is 126 Å². The second-order valence-electron chi connectivity index (χ2n) is 5.99. The SMILES string of the molecule is CC1=CC(C)=C(C(C)C(=O)c2cccc3ccccc23)C1. The maximum atomic E-state index is 12.9. The molecule has 0 spiro atoms. The molecule has 1 aliphatic rings. The number of carbonyl (C=O) groups is 1. The molecule has 2 aromatic carbocycles. The Morgan fingerprint density at radius 3 is 2.48 bits per heavy atom. The lowest BCUT2D eigenvalue weighted by atomic mass is 9.87. The van der Waals surface area contributed by atoms with Crippen molar-refractivity contribution >= 4 is 16.6 Å². The topological polar surface area (TPSA) is 17.1 Å². The van der Waals surface area contributed by atoms with Gasteiger partial charge in [0, 0.05) is 11.5 Å². The molecule has 1 aliphatic carbocycles. The number of Topliss-reactive ketones (excluding diaryl/α,β-unsaturated/α-hetero) is 1. The first-order valence-corrected chi connectivity index (χ1v) is 7.46. The highest BCUT2D eigenvalue weighted by atomic mass is 16.1. The zero-order valence-electron chi connectivity index (χ0n) is 12.8. The summed E-state index contributed by atoms with van der Waals surface area (Å²) in [6.07, 6.45) is 3.13. The highest BCUT2D eigenvalue weighted by Gasteiger charge is 2.24. The van der Waals surface area contributed by atoms with Crippen LogP contribution in [0.2, 0.25) is 0 Å². The zero-order valence-corrected chi connectivity index (χ0v) is 12.8. The van der Waals surface area contributed by atoms with Crippen LogP contribution in [0.3, 0.4) is 0 Å². The van der Waals surface area contributed by atoms with E-state index in [0.717, 1.165) is 22.8 Å². The van der Waals surface area contributed by atoms with E-state index in [4.69, 9.17) is 0 Å². The van der Waals surface area contributed by atoms with Crippen molar-refractivity contribution in [2.24, 2.45) is 5.92 Å². The molecule has 0 bridgehead atoms. The molecule has 0 radical (unpaired) electrons. The predicted octanol–water partition coefficient (Wildman–Crippen LogP) is 5.33. The van der Waals surface area contributed by atoms with Gasteiger partial charge in [0.2, 0.25) is 0 Å². The van der Waals surface area contributed by atoms with Crippen LogP contribution < -0.4 is 0 Å². The maximum Gasteiger partial charge on any atom is 0.170 e. The number of fused-ring (bicyclic) bond motifs is 1. The van der Waals surface area contributed by atoms with Gasteiger partial charge in [0.1, 0.15) is 0 Å². The van der Waals surface area contributed by atoms with Crippen LogP contribution in [-0.2, 0) is 0 Å². The van der Waals surface area contributed by atoms with Gasteiger partial charge in [0.15, 0.2) is 5.78 Å². The molecule has 0 amide bonds. The molecule has 0 saturated carbocycles. The van der Waals surface area contributed by atoms with E-state index in [0.29, 0.717) is 0 Å². The van der Waals surface area contributed by atoms with E-state index >= 15 is 0 Å². The molecule has 3 rings (SSSR count). The average molecular weight is 276 g/mol. The molecule has 0 saturated heterocycles. The first kappa shape index (κ1) is 13.8. The number of carbonyl (C=O) groups excluding carboxylic acids is 1. The normalized spacial score (nSPS) is 16.2. The minimum atomic E-state index is -0.0514.